The number of urea groups is 1. The van der Waals surface area contributed by atoms with Crippen molar-refractivity contribution in [3.8, 4) is 0 Å². The monoisotopic (exact) mass is 423 g/mol. The zero-order valence-corrected chi connectivity index (χ0v) is 17.4. The minimum Gasteiger partial charge on any atom is -0.383 e. The number of nitro groups is 1. The fourth-order valence-corrected chi connectivity index (χ4v) is 3.87. The molecule has 2 heterocycles. The number of nitro benzene ring substituents is 1. The van der Waals surface area contributed by atoms with Crippen molar-refractivity contribution in [2.45, 2.75) is 6.54 Å². The predicted molar refractivity (Wildman–Crippen MR) is 120 cm³/mol. The number of nitrogens with zero attached hydrogens (tertiary/aromatic N) is 4. The fourth-order valence-electron chi connectivity index (χ4n) is 3.87. The second-order valence-corrected chi connectivity index (χ2v) is 7.42. The lowest BCUT2D eigenvalue weighted by molar-refractivity contribution is -0.384. The molecule has 0 radical (unpaired) electrons. The van der Waals surface area contributed by atoms with E-state index < -0.39 is 4.92 Å². The molecule has 31 heavy (non-hydrogen) atoms. The molecule has 9 heteroatoms. The Balaban J connectivity index is 1.40. The molecule has 0 atom stereocenters. The lowest BCUT2D eigenvalue weighted by atomic mass is 10.2. The van der Waals surface area contributed by atoms with Gasteiger partial charge < -0.3 is 24.4 Å². The number of amides is 2. The van der Waals surface area contributed by atoms with Crippen LogP contribution in [0.5, 0.6) is 0 Å². The van der Waals surface area contributed by atoms with Crippen LogP contribution in [0.25, 0.3) is 10.9 Å². The molecule has 0 saturated carbocycles. The van der Waals surface area contributed by atoms with E-state index >= 15 is 0 Å². The topological polar surface area (TPSA) is 92.9 Å². The molecule has 1 fully saturated rings. The molecule has 162 valence electrons. The minimum atomic E-state index is -0.404. The first-order valence-corrected chi connectivity index (χ1v) is 10.2. The van der Waals surface area contributed by atoms with Crippen LogP contribution in [-0.2, 0) is 11.3 Å². The number of para-hydroxylation sites is 1. The van der Waals surface area contributed by atoms with Gasteiger partial charge in [-0.05, 0) is 18.2 Å². The molecule has 0 aliphatic carbocycles. The number of methoxy groups -OCH3 is 1. The number of carbonyl (C=O) groups excluding carboxylic acids is 1. The van der Waals surface area contributed by atoms with Gasteiger partial charge in [0.25, 0.3) is 5.69 Å². The van der Waals surface area contributed by atoms with Gasteiger partial charge in [-0.2, -0.15) is 0 Å². The number of aromatic nitrogens is 1. The summed E-state index contributed by atoms with van der Waals surface area (Å²) in [5, 5.41) is 14.9. The third-order valence-corrected chi connectivity index (χ3v) is 5.56. The van der Waals surface area contributed by atoms with Crippen LogP contribution < -0.4 is 10.2 Å². The molecule has 1 saturated heterocycles. The summed E-state index contributed by atoms with van der Waals surface area (Å²) in [7, 11) is 1.67. The van der Waals surface area contributed by atoms with Crippen LogP contribution in [0.15, 0.2) is 54.7 Å². The first-order valence-electron chi connectivity index (χ1n) is 10.2. The van der Waals surface area contributed by atoms with E-state index in [1.54, 1.807) is 24.1 Å². The highest BCUT2D eigenvalue weighted by atomic mass is 16.6. The molecule has 1 N–H and O–H groups in total. The molecule has 1 aliphatic rings. The molecule has 1 aromatic heterocycles. The van der Waals surface area contributed by atoms with E-state index in [2.05, 4.69) is 14.8 Å². The van der Waals surface area contributed by atoms with Crippen molar-refractivity contribution in [3.05, 3.63) is 64.8 Å². The number of benzene rings is 2. The molecular weight excluding hydrogens is 398 g/mol. The van der Waals surface area contributed by atoms with Crippen molar-refractivity contribution in [2.24, 2.45) is 0 Å². The van der Waals surface area contributed by atoms with E-state index in [1.807, 2.05) is 30.5 Å². The van der Waals surface area contributed by atoms with Gasteiger partial charge in [-0.25, -0.2) is 4.79 Å². The van der Waals surface area contributed by atoms with Crippen LogP contribution in [0, 0.1) is 10.1 Å². The summed E-state index contributed by atoms with van der Waals surface area (Å²) >= 11 is 0. The number of nitrogens with one attached hydrogen (secondary N) is 1. The zero-order chi connectivity index (χ0) is 21.8. The van der Waals surface area contributed by atoms with E-state index in [-0.39, 0.29) is 11.7 Å². The van der Waals surface area contributed by atoms with Crippen molar-refractivity contribution in [1.82, 2.24) is 9.47 Å². The molecule has 2 amide bonds. The average molecular weight is 423 g/mol. The summed E-state index contributed by atoms with van der Waals surface area (Å²) in [4.78, 5) is 27.2. The standard InChI is InChI=1S/C22H25N5O4/c1-31-15-14-26-16-20(19-4-2-3-5-21(19)26)23-22(28)25-12-10-24(11-13-25)17-6-8-18(9-7-17)27(29)30/h2-9,16H,10-15H2,1H3,(H,23,28). The maximum Gasteiger partial charge on any atom is 0.322 e. The summed E-state index contributed by atoms with van der Waals surface area (Å²) in [6.07, 6.45) is 1.95. The van der Waals surface area contributed by atoms with Crippen molar-refractivity contribution in [1.29, 1.82) is 0 Å². The summed E-state index contributed by atoms with van der Waals surface area (Å²) in [5.41, 5.74) is 2.84. The molecule has 9 nitrogen and oxygen atoms in total. The first kappa shape index (κ1) is 20.7. The third-order valence-electron chi connectivity index (χ3n) is 5.56. The largest absolute Gasteiger partial charge is 0.383 e. The summed E-state index contributed by atoms with van der Waals surface area (Å²) in [5.74, 6) is 0. The van der Waals surface area contributed by atoms with E-state index in [9.17, 15) is 14.9 Å². The van der Waals surface area contributed by atoms with Gasteiger partial charge in [0, 0.05) is 69.2 Å². The van der Waals surface area contributed by atoms with Crippen LogP contribution in [-0.4, -0.2) is 60.3 Å². The van der Waals surface area contributed by atoms with Crippen LogP contribution in [0.4, 0.5) is 21.9 Å². The van der Waals surface area contributed by atoms with Crippen molar-refractivity contribution >= 4 is 34.0 Å². The number of hydrogen-bond donors (Lipinski definition) is 1. The normalized spacial score (nSPS) is 14.1. The number of carbonyl (C=O) groups is 1. The molecular formula is C22H25N5O4. The summed E-state index contributed by atoms with van der Waals surface area (Å²) in [6.45, 7) is 3.79. The SMILES string of the molecule is COCCn1cc(NC(=O)N2CCN(c3ccc([N+](=O)[O-])cc3)CC2)c2ccccc21. The quantitative estimate of drug-likeness (QED) is 0.483. The number of piperazine rings is 1. The van der Waals surface area contributed by atoms with Gasteiger partial charge in [0.1, 0.15) is 0 Å². The molecule has 0 spiro atoms. The number of non-ortho nitro benzene ring substituents is 1. The summed E-state index contributed by atoms with van der Waals surface area (Å²) < 4.78 is 7.27. The Morgan fingerprint density at radius 3 is 2.48 bits per heavy atom. The van der Waals surface area contributed by atoms with E-state index in [0.29, 0.717) is 39.3 Å². The Hall–Kier alpha value is -3.59. The maximum absolute atomic E-state index is 12.9. The van der Waals surface area contributed by atoms with Crippen molar-refractivity contribution in [2.75, 3.05) is 50.1 Å². The smallest absolute Gasteiger partial charge is 0.322 e. The van der Waals surface area contributed by atoms with Crippen LogP contribution in [0.1, 0.15) is 0 Å². The Morgan fingerprint density at radius 1 is 1.10 bits per heavy atom. The number of ether oxygens (including phenoxy) is 1. The lowest BCUT2D eigenvalue weighted by Gasteiger charge is -2.36. The van der Waals surface area contributed by atoms with Gasteiger partial charge in [-0.3, -0.25) is 10.1 Å². The number of fused-ring (bicyclic) bond motifs is 1. The molecule has 1 aliphatic heterocycles. The van der Waals surface area contributed by atoms with Crippen molar-refractivity contribution in [3.63, 3.8) is 0 Å². The average Bonchev–Trinajstić information content (AvgIpc) is 3.15. The highest BCUT2D eigenvalue weighted by molar-refractivity contribution is 6.01. The number of rotatable bonds is 6. The van der Waals surface area contributed by atoms with Gasteiger partial charge in [0.05, 0.1) is 22.7 Å². The van der Waals surface area contributed by atoms with Gasteiger partial charge >= 0.3 is 6.03 Å². The molecule has 0 bridgehead atoms. The zero-order valence-electron chi connectivity index (χ0n) is 17.4. The Labute approximate surface area is 180 Å². The van der Waals surface area contributed by atoms with Crippen LogP contribution in [0.2, 0.25) is 0 Å². The Bertz CT molecular complexity index is 1070. The number of hydrogen-bond acceptors (Lipinski definition) is 5. The third kappa shape index (κ3) is 4.46. The second kappa shape index (κ2) is 9.05. The first-order chi connectivity index (χ1) is 15.1. The Morgan fingerprint density at radius 2 is 1.81 bits per heavy atom. The van der Waals surface area contributed by atoms with Gasteiger partial charge in [0.15, 0.2) is 0 Å². The highest BCUT2D eigenvalue weighted by Gasteiger charge is 2.22. The fraction of sp³-hybridized carbons (Fsp3) is 0.318. The molecule has 0 unspecified atom stereocenters. The van der Waals surface area contributed by atoms with E-state index in [0.717, 1.165) is 22.3 Å². The summed E-state index contributed by atoms with van der Waals surface area (Å²) in [6, 6.07) is 14.4. The van der Waals surface area contributed by atoms with E-state index in [1.165, 1.54) is 12.1 Å². The van der Waals surface area contributed by atoms with Crippen LogP contribution >= 0.6 is 0 Å². The van der Waals surface area contributed by atoms with Gasteiger partial charge in [-0.1, -0.05) is 18.2 Å². The Kier molecular flexibility index (Phi) is 6.03. The number of anilines is 2. The van der Waals surface area contributed by atoms with E-state index in [4.69, 9.17) is 4.74 Å². The molecule has 3 aromatic rings. The van der Waals surface area contributed by atoms with Gasteiger partial charge in [-0.15, -0.1) is 0 Å². The van der Waals surface area contributed by atoms with Crippen molar-refractivity contribution < 1.29 is 14.5 Å². The minimum absolute atomic E-state index is 0.0754. The van der Waals surface area contributed by atoms with Crippen LogP contribution in [0.3, 0.4) is 0 Å². The second-order valence-electron chi connectivity index (χ2n) is 7.42. The molecule has 4 rings (SSSR count). The lowest BCUT2D eigenvalue weighted by Crippen LogP contribution is -2.50. The molecule has 2 aromatic carbocycles. The maximum atomic E-state index is 12.9. The predicted octanol–water partition coefficient (Wildman–Crippen LogP) is 3.55. The van der Waals surface area contributed by atoms with Gasteiger partial charge in [0.2, 0.25) is 0 Å². The highest BCUT2D eigenvalue weighted by Crippen LogP contribution is 2.26.